The number of hydrogen-bond acceptors (Lipinski definition) is 5. The second-order valence-corrected chi connectivity index (χ2v) is 8.13. The topological polar surface area (TPSA) is 74.8 Å². The van der Waals surface area contributed by atoms with Crippen molar-refractivity contribution in [3.05, 3.63) is 94.1 Å². The Balaban J connectivity index is 1.86. The number of rotatable bonds is 6. The normalized spacial score (nSPS) is 14.9. The van der Waals surface area contributed by atoms with Crippen LogP contribution in [-0.4, -0.2) is 33.9 Å². The standard InChI is InChI=1S/C25H24BF2N5O/c1-15-11-17(3)31-24(15)23(25-16(2)12-18(4)33(25)26(27)28)19-8-9-21(34)20(13-19)14-30-32-22-7-5-6-10-29-22/h5-14,34H,1-4H3,(H,29,32)/b24-23-,30-14+. The Morgan fingerprint density at radius 2 is 1.91 bits per heavy atom. The zero-order valence-corrected chi connectivity index (χ0v) is 19.3. The number of anilines is 1. The number of pyridine rings is 1. The van der Waals surface area contributed by atoms with E-state index >= 15 is 0 Å². The number of phenolic OH excluding ortho intramolecular Hbond substituents is 1. The fourth-order valence-electron chi connectivity index (χ4n) is 4.11. The Morgan fingerprint density at radius 3 is 2.56 bits per heavy atom. The smallest absolute Gasteiger partial charge is 0.507 e. The van der Waals surface area contributed by atoms with Crippen LogP contribution in [-0.2, 0) is 0 Å². The molecule has 3 heterocycles. The molecule has 0 bridgehead atoms. The summed E-state index contributed by atoms with van der Waals surface area (Å²) < 4.78 is 29.3. The van der Waals surface area contributed by atoms with Gasteiger partial charge in [-0.3, -0.25) is 19.0 Å². The van der Waals surface area contributed by atoms with E-state index in [4.69, 9.17) is 0 Å². The molecule has 0 aliphatic carbocycles. The molecule has 0 atom stereocenters. The number of aliphatic imine (C=N–C) groups is 1. The maximum atomic E-state index is 14.1. The van der Waals surface area contributed by atoms with E-state index in [0.29, 0.717) is 45.2 Å². The molecular weight excluding hydrogens is 435 g/mol. The molecule has 0 fully saturated rings. The Kier molecular flexibility index (Phi) is 6.45. The fraction of sp³-hybridized carbons (Fsp3) is 0.160. The molecule has 0 saturated carbocycles. The van der Waals surface area contributed by atoms with Crippen molar-refractivity contribution in [2.24, 2.45) is 10.1 Å². The van der Waals surface area contributed by atoms with Crippen LogP contribution in [0.1, 0.15) is 41.9 Å². The number of nitrogens with zero attached hydrogens (tertiary/aromatic N) is 4. The van der Waals surface area contributed by atoms with Crippen LogP contribution in [0.25, 0.3) is 5.57 Å². The monoisotopic (exact) mass is 459 g/mol. The van der Waals surface area contributed by atoms with Crippen LogP contribution in [0.3, 0.4) is 0 Å². The summed E-state index contributed by atoms with van der Waals surface area (Å²) in [6.07, 6.45) is 5.02. The van der Waals surface area contributed by atoms with Gasteiger partial charge in [-0.05, 0) is 80.8 Å². The number of hydrazone groups is 1. The van der Waals surface area contributed by atoms with Gasteiger partial charge in [0.1, 0.15) is 11.6 Å². The van der Waals surface area contributed by atoms with Crippen LogP contribution in [0.15, 0.2) is 76.1 Å². The number of aromatic nitrogens is 2. The minimum atomic E-state index is -2.71. The molecule has 1 aliphatic heterocycles. The summed E-state index contributed by atoms with van der Waals surface area (Å²) in [5.41, 5.74) is 8.32. The lowest BCUT2D eigenvalue weighted by molar-refractivity contribution is 0.474. The highest BCUT2D eigenvalue weighted by Crippen LogP contribution is 2.38. The van der Waals surface area contributed by atoms with E-state index in [-0.39, 0.29) is 5.75 Å². The van der Waals surface area contributed by atoms with Gasteiger partial charge in [0.25, 0.3) is 0 Å². The van der Waals surface area contributed by atoms with Gasteiger partial charge in [0.15, 0.2) is 0 Å². The fourth-order valence-corrected chi connectivity index (χ4v) is 4.11. The predicted molar refractivity (Wildman–Crippen MR) is 134 cm³/mol. The van der Waals surface area contributed by atoms with Gasteiger partial charge in [-0.1, -0.05) is 12.1 Å². The zero-order valence-electron chi connectivity index (χ0n) is 19.3. The molecule has 0 radical (unpaired) electrons. The van der Waals surface area contributed by atoms with Crippen LogP contribution < -0.4 is 5.43 Å². The average molecular weight is 459 g/mol. The molecule has 2 N–H and O–H groups in total. The van der Waals surface area contributed by atoms with Crippen molar-refractivity contribution in [3.63, 3.8) is 0 Å². The summed E-state index contributed by atoms with van der Waals surface area (Å²) in [5, 5.41) is 14.6. The number of phenols is 1. The lowest BCUT2D eigenvalue weighted by Crippen LogP contribution is -2.18. The largest absolute Gasteiger partial charge is 0.677 e. The van der Waals surface area contributed by atoms with E-state index in [0.717, 1.165) is 15.8 Å². The third kappa shape index (κ3) is 4.55. The van der Waals surface area contributed by atoms with Crippen molar-refractivity contribution in [1.82, 2.24) is 9.46 Å². The number of halogens is 2. The first-order chi connectivity index (χ1) is 16.3. The van der Waals surface area contributed by atoms with E-state index in [1.54, 1.807) is 43.5 Å². The molecular formula is C25H24BF2N5O. The first-order valence-electron chi connectivity index (χ1n) is 10.7. The van der Waals surface area contributed by atoms with E-state index in [1.807, 2.05) is 32.9 Å². The van der Waals surface area contributed by atoms with Crippen molar-refractivity contribution >= 4 is 30.7 Å². The van der Waals surface area contributed by atoms with Crippen LogP contribution in [0.5, 0.6) is 5.75 Å². The molecule has 3 aromatic rings. The highest BCUT2D eigenvalue weighted by molar-refractivity contribution is 6.41. The summed E-state index contributed by atoms with van der Waals surface area (Å²) in [4.78, 5) is 8.79. The van der Waals surface area contributed by atoms with Crippen molar-refractivity contribution in [2.75, 3.05) is 5.43 Å². The second kappa shape index (κ2) is 9.47. The Bertz CT molecular complexity index is 1360. The van der Waals surface area contributed by atoms with E-state index in [2.05, 4.69) is 20.5 Å². The maximum absolute atomic E-state index is 14.1. The maximum Gasteiger partial charge on any atom is 0.677 e. The van der Waals surface area contributed by atoms with Gasteiger partial charge in [-0.25, -0.2) is 4.98 Å². The summed E-state index contributed by atoms with van der Waals surface area (Å²) in [5.74, 6) is 0.560. The minimum absolute atomic E-state index is 0.00943. The number of allylic oxidation sites excluding steroid dienone is 2. The molecule has 0 spiro atoms. The van der Waals surface area contributed by atoms with Crippen molar-refractivity contribution in [1.29, 1.82) is 0 Å². The van der Waals surface area contributed by atoms with Crippen molar-refractivity contribution in [3.8, 4) is 5.75 Å². The lowest BCUT2D eigenvalue weighted by atomic mass is 9.93. The third-order valence-electron chi connectivity index (χ3n) is 5.54. The molecule has 6 nitrogen and oxygen atoms in total. The molecule has 1 aliphatic rings. The average Bonchev–Trinajstić information content (AvgIpc) is 3.28. The van der Waals surface area contributed by atoms with E-state index in [1.165, 1.54) is 12.3 Å². The van der Waals surface area contributed by atoms with Gasteiger partial charge in [-0.15, -0.1) is 0 Å². The number of aryl methyl sites for hydroxylation is 2. The first-order valence-corrected chi connectivity index (χ1v) is 10.7. The number of aromatic hydroxyl groups is 1. The van der Waals surface area contributed by atoms with Gasteiger partial charge in [-0.2, -0.15) is 5.10 Å². The molecule has 2 aromatic heterocycles. The number of nitrogens with one attached hydrogen (secondary N) is 1. The molecule has 1 aromatic carbocycles. The summed E-state index contributed by atoms with van der Waals surface area (Å²) in [7, 11) is -2.71. The molecule has 9 heteroatoms. The Labute approximate surface area is 197 Å². The molecule has 0 amide bonds. The lowest BCUT2D eigenvalue weighted by Gasteiger charge is -2.17. The SMILES string of the molecule is CC1=CC(C)=N/C1=C(/c1ccc(O)c(/C=N/Nc2ccccn2)c1)c1c(C)cc(C)n1B(F)F. The van der Waals surface area contributed by atoms with Crippen LogP contribution in [0.4, 0.5) is 14.4 Å². The van der Waals surface area contributed by atoms with Crippen LogP contribution in [0, 0.1) is 13.8 Å². The summed E-state index contributed by atoms with van der Waals surface area (Å²) in [6.45, 7) is 7.25. The Hall–Kier alpha value is -4.01. The van der Waals surface area contributed by atoms with Crippen molar-refractivity contribution < 1.29 is 13.7 Å². The minimum Gasteiger partial charge on any atom is -0.507 e. The Morgan fingerprint density at radius 1 is 1.12 bits per heavy atom. The quantitative estimate of drug-likeness (QED) is 0.286. The van der Waals surface area contributed by atoms with Gasteiger partial charge < -0.3 is 9.58 Å². The van der Waals surface area contributed by atoms with Gasteiger partial charge >= 0.3 is 7.40 Å². The molecule has 172 valence electrons. The molecule has 4 rings (SSSR count). The summed E-state index contributed by atoms with van der Waals surface area (Å²) >= 11 is 0. The predicted octanol–water partition coefficient (Wildman–Crippen LogP) is 5.60. The summed E-state index contributed by atoms with van der Waals surface area (Å²) in [6, 6.07) is 12.1. The molecule has 0 saturated heterocycles. The first kappa shape index (κ1) is 23.2. The van der Waals surface area contributed by atoms with Gasteiger partial charge in [0.05, 0.1) is 11.9 Å². The number of hydrogen-bond donors (Lipinski definition) is 2. The zero-order chi connectivity index (χ0) is 24.4. The second-order valence-electron chi connectivity index (χ2n) is 8.13. The van der Waals surface area contributed by atoms with Gasteiger partial charge in [0, 0.05) is 34.4 Å². The third-order valence-corrected chi connectivity index (χ3v) is 5.54. The van der Waals surface area contributed by atoms with E-state index < -0.39 is 7.40 Å². The molecule has 34 heavy (non-hydrogen) atoms. The van der Waals surface area contributed by atoms with E-state index in [9.17, 15) is 13.7 Å². The van der Waals surface area contributed by atoms with Crippen LogP contribution >= 0.6 is 0 Å². The van der Waals surface area contributed by atoms with Gasteiger partial charge in [0.2, 0.25) is 0 Å². The highest BCUT2D eigenvalue weighted by Gasteiger charge is 2.29. The highest BCUT2D eigenvalue weighted by atomic mass is 19.2. The number of benzene rings is 1. The van der Waals surface area contributed by atoms with Crippen LogP contribution in [0.2, 0.25) is 0 Å². The molecule has 0 unspecified atom stereocenters. The van der Waals surface area contributed by atoms with Crippen molar-refractivity contribution in [2.45, 2.75) is 27.7 Å².